The van der Waals surface area contributed by atoms with E-state index in [1.807, 2.05) is 6.08 Å². The third-order valence-electron chi connectivity index (χ3n) is 12.0. The zero-order valence-electron chi connectivity index (χ0n) is 21.9. The van der Waals surface area contributed by atoms with Gasteiger partial charge in [0.15, 0.2) is 0 Å². The maximum absolute atomic E-state index is 12.8. The Labute approximate surface area is 204 Å². The summed E-state index contributed by atoms with van der Waals surface area (Å²) in [4.78, 5) is 25.6. The number of carbonyl (C=O) groups excluding carboxylic acids is 2. The molecule has 7 atom stereocenters. The Morgan fingerprint density at radius 2 is 1.50 bits per heavy atom. The van der Waals surface area contributed by atoms with Crippen LogP contribution in [0.15, 0.2) is 34.9 Å². The van der Waals surface area contributed by atoms with Gasteiger partial charge in [-0.1, -0.05) is 52.3 Å². The molecule has 186 valence electrons. The fourth-order valence-corrected chi connectivity index (χ4v) is 9.06. The lowest BCUT2D eigenvalue weighted by molar-refractivity contribution is -0.166. The highest BCUT2D eigenvalue weighted by Crippen LogP contribution is 2.75. The van der Waals surface area contributed by atoms with Gasteiger partial charge in [-0.3, -0.25) is 9.59 Å². The van der Waals surface area contributed by atoms with Crippen molar-refractivity contribution in [3.05, 3.63) is 34.9 Å². The number of Topliss-reactive ketones (excluding diaryl/α,β-unsaturated/α-hetero) is 1. The Kier molecular flexibility index (Phi) is 5.00. The molecule has 0 bridgehead atoms. The van der Waals surface area contributed by atoms with Gasteiger partial charge in [0, 0.05) is 12.0 Å². The van der Waals surface area contributed by atoms with Crippen molar-refractivity contribution >= 4 is 11.6 Å². The maximum atomic E-state index is 12.8. The molecule has 0 heterocycles. The monoisotopic (exact) mass is 466 g/mol. The predicted molar refractivity (Wildman–Crippen MR) is 133 cm³/mol. The normalized spacial score (nSPS) is 50.2. The highest BCUT2D eigenvalue weighted by Gasteiger charge is 2.67. The average Bonchev–Trinajstić information content (AvgIpc) is 2.81. The lowest BCUT2D eigenvalue weighted by atomic mass is 9.34. The van der Waals surface area contributed by atoms with Crippen LogP contribution in [0, 0.1) is 38.4 Å². The first-order chi connectivity index (χ1) is 15.7. The number of ketones is 2. The largest absolute Gasteiger partial charge is 0.396 e. The molecule has 34 heavy (non-hydrogen) atoms. The lowest BCUT2D eigenvalue weighted by Crippen LogP contribution is -2.62. The van der Waals surface area contributed by atoms with E-state index < -0.39 is 17.0 Å². The van der Waals surface area contributed by atoms with Gasteiger partial charge >= 0.3 is 0 Å². The van der Waals surface area contributed by atoms with Gasteiger partial charge in [-0.2, -0.15) is 0 Å². The minimum atomic E-state index is -1.16. The number of hydrogen-bond acceptors (Lipinski definition) is 4. The molecule has 5 rings (SSSR count). The zero-order chi connectivity index (χ0) is 24.9. The molecule has 0 aromatic carbocycles. The third-order valence-corrected chi connectivity index (χ3v) is 12.0. The zero-order valence-corrected chi connectivity index (χ0v) is 21.9. The SMILES string of the molecule is C[C@@]1(CO)CC[C@]2(C)CC[C@]3(C)C4=CC=C5C(=CC(=O)C(=O)[C@@]5(C)CO)[C@]4(C)CC[C@@]3(C)[C@@H]2C1. The summed E-state index contributed by atoms with van der Waals surface area (Å²) in [7, 11) is 0. The summed E-state index contributed by atoms with van der Waals surface area (Å²) >= 11 is 0. The third kappa shape index (κ3) is 2.73. The first-order valence-electron chi connectivity index (χ1n) is 13.2. The van der Waals surface area contributed by atoms with Gasteiger partial charge in [0.2, 0.25) is 11.6 Å². The Bertz CT molecular complexity index is 1070. The second-order valence-corrected chi connectivity index (χ2v) is 13.9. The minimum absolute atomic E-state index is 0.0121. The molecular weight excluding hydrogens is 424 g/mol. The van der Waals surface area contributed by atoms with Crippen molar-refractivity contribution in [3.8, 4) is 0 Å². The van der Waals surface area contributed by atoms with Crippen LogP contribution in [0.2, 0.25) is 0 Å². The second kappa shape index (κ2) is 7.03. The standard InChI is InChI=1S/C30H42O4/c1-25(17-31)9-10-26(2)11-13-29(5)22-8-7-19-20(15-21(33)24(34)28(19,4)18-32)27(22,3)12-14-30(29,6)23(26)16-25/h7-8,15,23,31-32H,9-14,16-18H2,1-6H3/t23-,25-,26-,27+,28+,29-,30+/m1/s1. The molecule has 4 heteroatoms. The molecule has 0 aromatic rings. The summed E-state index contributed by atoms with van der Waals surface area (Å²) in [5.41, 5.74) is 2.06. The van der Waals surface area contributed by atoms with Crippen LogP contribution in [0.1, 0.15) is 86.5 Å². The van der Waals surface area contributed by atoms with Gasteiger partial charge in [0.1, 0.15) is 0 Å². The van der Waals surface area contributed by atoms with Gasteiger partial charge in [-0.25, -0.2) is 0 Å². The van der Waals surface area contributed by atoms with Gasteiger partial charge < -0.3 is 10.2 Å². The molecule has 0 aromatic heterocycles. The summed E-state index contributed by atoms with van der Waals surface area (Å²) < 4.78 is 0. The molecule has 0 saturated heterocycles. The van der Waals surface area contributed by atoms with Gasteiger partial charge in [0.25, 0.3) is 0 Å². The van der Waals surface area contributed by atoms with Crippen LogP contribution in [-0.4, -0.2) is 35.0 Å². The van der Waals surface area contributed by atoms with Crippen LogP contribution in [-0.2, 0) is 9.59 Å². The quantitative estimate of drug-likeness (QED) is 0.539. The Hall–Kier alpha value is -1.52. The topological polar surface area (TPSA) is 74.6 Å². The highest BCUT2D eigenvalue weighted by molar-refractivity contribution is 6.45. The van der Waals surface area contributed by atoms with Crippen LogP contribution in [0.3, 0.4) is 0 Å². The first kappa shape index (κ1) is 24.2. The smallest absolute Gasteiger partial charge is 0.222 e. The Morgan fingerprint density at radius 1 is 0.824 bits per heavy atom. The van der Waals surface area contributed by atoms with Crippen molar-refractivity contribution in [2.24, 2.45) is 38.4 Å². The van der Waals surface area contributed by atoms with Crippen LogP contribution in [0.25, 0.3) is 0 Å². The molecule has 3 fully saturated rings. The Morgan fingerprint density at radius 3 is 2.15 bits per heavy atom. The number of rotatable bonds is 2. The van der Waals surface area contributed by atoms with Gasteiger partial charge in [-0.05, 0) is 96.7 Å². The minimum Gasteiger partial charge on any atom is -0.396 e. The fraction of sp³-hybridized carbons (Fsp3) is 0.733. The van der Waals surface area contributed by atoms with Crippen molar-refractivity contribution < 1.29 is 19.8 Å². The number of aliphatic hydroxyl groups excluding tert-OH is 2. The molecule has 0 aliphatic heterocycles. The molecule has 0 radical (unpaired) electrons. The molecule has 3 saturated carbocycles. The molecule has 5 aliphatic rings. The summed E-state index contributed by atoms with van der Waals surface area (Å²) in [5.74, 6) is -0.449. The number of fused-ring (bicyclic) bond motifs is 7. The number of aliphatic hydroxyl groups is 2. The number of hydrogen-bond donors (Lipinski definition) is 2. The van der Waals surface area contributed by atoms with E-state index in [0.717, 1.165) is 43.3 Å². The molecule has 5 aliphatic carbocycles. The average molecular weight is 467 g/mol. The van der Waals surface area contributed by atoms with E-state index in [0.29, 0.717) is 11.3 Å². The second-order valence-electron chi connectivity index (χ2n) is 13.9. The van der Waals surface area contributed by atoms with E-state index in [-0.39, 0.29) is 34.9 Å². The molecular formula is C30H42O4. The van der Waals surface area contributed by atoms with Crippen molar-refractivity contribution in [2.45, 2.75) is 86.5 Å². The van der Waals surface area contributed by atoms with E-state index in [1.54, 1.807) is 13.0 Å². The van der Waals surface area contributed by atoms with E-state index in [4.69, 9.17) is 0 Å². The molecule has 0 amide bonds. The van der Waals surface area contributed by atoms with Crippen LogP contribution >= 0.6 is 0 Å². The van der Waals surface area contributed by atoms with E-state index in [9.17, 15) is 19.8 Å². The molecule has 2 N–H and O–H groups in total. The van der Waals surface area contributed by atoms with Crippen molar-refractivity contribution in [1.82, 2.24) is 0 Å². The van der Waals surface area contributed by atoms with Crippen molar-refractivity contribution in [1.29, 1.82) is 0 Å². The van der Waals surface area contributed by atoms with Crippen LogP contribution in [0.5, 0.6) is 0 Å². The van der Waals surface area contributed by atoms with Crippen molar-refractivity contribution in [3.63, 3.8) is 0 Å². The first-order valence-corrected chi connectivity index (χ1v) is 13.2. The molecule has 0 unspecified atom stereocenters. The summed E-state index contributed by atoms with van der Waals surface area (Å²) in [6.45, 7) is 13.6. The van der Waals surface area contributed by atoms with E-state index in [2.05, 4.69) is 40.7 Å². The number of carbonyl (C=O) groups is 2. The molecule has 0 spiro atoms. The highest BCUT2D eigenvalue weighted by atomic mass is 16.3. The summed E-state index contributed by atoms with van der Waals surface area (Å²) in [6.07, 6.45) is 13.5. The van der Waals surface area contributed by atoms with E-state index in [1.165, 1.54) is 18.4 Å². The summed E-state index contributed by atoms with van der Waals surface area (Å²) in [6, 6.07) is 0. The van der Waals surface area contributed by atoms with E-state index >= 15 is 0 Å². The van der Waals surface area contributed by atoms with Crippen LogP contribution < -0.4 is 0 Å². The van der Waals surface area contributed by atoms with Gasteiger partial charge in [-0.15, -0.1) is 0 Å². The molecule has 4 nitrogen and oxygen atoms in total. The lowest BCUT2D eigenvalue weighted by Gasteiger charge is -2.70. The fourth-order valence-electron chi connectivity index (χ4n) is 9.06. The van der Waals surface area contributed by atoms with Crippen LogP contribution in [0.4, 0.5) is 0 Å². The predicted octanol–water partition coefficient (Wildman–Crippen LogP) is 5.34. The van der Waals surface area contributed by atoms with Gasteiger partial charge in [0.05, 0.1) is 12.0 Å². The number of allylic oxidation sites excluding steroid dienone is 5. The summed E-state index contributed by atoms with van der Waals surface area (Å²) in [5, 5.41) is 20.4. The van der Waals surface area contributed by atoms with Crippen molar-refractivity contribution in [2.75, 3.05) is 13.2 Å². The Balaban J connectivity index is 1.66. The maximum Gasteiger partial charge on any atom is 0.222 e.